The minimum Gasteiger partial charge on any atom is -0.455 e. The van der Waals surface area contributed by atoms with Gasteiger partial charge >= 0.3 is 0 Å². The number of aromatic nitrogens is 2. The topological polar surface area (TPSA) is 44.2 Å². The second kappa shape index (κ2) is 2.57. The van der Waals surface area contributed by atoms with Gasteiger partial charge in [-0.3, -0.25) is 0 Å². The number of hydrogen-bond acceptors (Lipinski definition) is 4. The van der Waals surface area contributed by atoms with Crippen LogP contribution in [0.2, 0.25) is 0 Å². The summed E-state index contributed by atoms with van der Waals surface area (Å²) in [6.07, 6.45) is 7.41. The van der Waals surface area contributed by atoms with Crippen molar-refractivity contribution in [3.05, 3.63) is 36.8 Å². The third-order valence-corrected chi connectivity index (χ3v) is 1.31. The first kappa shape index (κ1) is 6.15. The zero-order valence-corrected chi connectivity index (χ0v) is 5.68. The molecule has 0 bridgehead atoms. The van der Waals surface area contributed by atoms with E-state index in [1.807, 2.05) is 0 Å². The average molecular weight is 150 g/mol. The molecule has 4 nitrogen and oxygen atoms in total. The Kier molecular flexibility index (Phi) is 1.44. The van der Waals surface area contributed by atoms with Gasteiger partial charge < -0.3 is 9.47 Å². The van der Waals surface area contributed by atoms with Gasteiger partial charge in [-0.1, -0.05) is 0 Å². The first-order valence-corrected chi connectivity index (χ1v) is 3.17. The molecule has 0 aromatic carbocycles. The minimum absolute atomic E-state index is 0.365. The van der Waals surface area contributed by atoms with Crippen LogP contribution in [0.5, 0.6) is 0 Å². The Labute approximate surface area is 63.5 Å². The molecule has 2 heterocycles. The van der Waals surface area contributed by atoms with Gasteiger partial charge in [-0.05, 0) is 0 Å². The normalized spacial score (nSPS) is 16.0. The maximum Gasteiger partial charge on any atom is 0.269 e. The van der Waals surface area contributed by atoms with Crippen molar-refractivity contribution in [2.45, 2.75) is 6.29 Å². The predicted octanol–water partition coefficient (Wildman–Crippen LogP) is 0.993. The first-order chi connectivity index (χ1) is 5.47. The van der Waals surface area contributed by atoms with E-state index in [9.17, 15) is 0 Å². The summed E-state index contributed by atoms with van der Waals surface area (Å²) in [7, 11) is 0. The van der Waals surface area contributed by atoms with Crippen molar-refractivity contribution in [2.24, 2.45) is 0 Å². The standard InChI is InChI=1S/C7H6N2O2/c1-2-11-7(10-1)6-3-8-5-9-4-6/h1-5,7H. The highest BCUT2D eigenvalue weighted by Gasteiger charge is 2.14. The Morgan fingerprint density at radius 2 is 1.73 bits per heavy atom. The van der Waals surface area contributed by atoms with Crippen molar-refractivity contribution in [1.29, 1.82) is 0 Å². The summed E-state index contributed by atoms with van der Waals surface area (Å²) in [6, 6.07) is 0. The number of ether oxygens (including phenoxy) is 2. The van der Waals surface area contributed by atoms with E-state index < -0.39 is 0 Å². The van der Waals surface area contributed by atoms with Crippen LogP contribution in [0.15, 0.2) is 31.2 Å². The lowest BCUT2D eigenvalue weighted by molar-refractivity contribution is -0.0251. The van der Waals surface area contributed by atoms with E-state index in [-0.39, 0.29) is 6.29 Å². The largest absolute Gasteiger partial charge is 0.455 e. The molecular formula is C7H6N2O2. The zero-order chi connectivity index (χ0) is 7.52. The Balaban J connectivity index is 2.17. The zero-order valence-electron chi connectivity index (χ0n) is 5.68. The molecule has 0 radical (unpaired) electrons. The van der Waals surface area contributed by atoms with E-state index in [1.54, 1.807) is 12.4 Å². The van der Waals surface area contributed by atoms with Gasteiger partial charge in [0.1, 0.15) is 18.9 Å². The highest BCUT2D eigenvalue weighted by Crippen LogP contribution is 2.21. The summed E-state index contributed by atoms with van der Waals surface area (Å²) in [5, 5.41) is 0. The van der Waals surface area contributed by atoms with Crippen molar-refractivity contribution >= 4 is 0 Å². The van der Waals surface area contributed by atoms with Crippen molar-refractivity contribution < 1.29 is 9.47 Å². The summed E-state index contributed by atoms with van der Waals surface area (Å²) >= 11 is 0. The van der Waals surface area contributed by atoms with E-state index in [0.717, 1.165) is 5.56 Å². The highest BCUT2D eigenvalue weighted by molar-refractivity contribution is 5.06. The minimum atomic E-state index is -0.365. The summed E-state index contributed by atoms with van der Waals surface area (Å²) in [6.45, 7) is 0. The molecule has 1 aliphatic heterocycles. The van der Waals surface area contributed by atoms with Gasteiger partial charge in [0.05, 0.1) is 5.56 Å². The van der Waals surface area contributed by atoms with Gasteiger partial charge in [0.15, 0.2) is 0 Å². The molecule has 0 saturated carbocycles. The molecule has 56 valence electrons. The molecule has 0 unspecified atom stereocenters. The lowest BCUT2D eigenvalue weighted by Crippen LogP contribution is -1.98. The molecule has 0 spiro atoms. The third kappa shape index (κ3) is 1.14. The molecule has 0 aliphatic carbocycles. The summed E-state index contributed by atoms with van der Waals surface area (Å²) in [5.41, 5.74) is 0.817. The van der Waals surface area contributed by atoms with Gasteiger partial charge in [-0.2, -0.15) is 0 Å². The maximum atomic E-state index is 5.06. The van der Waals surface area contributed by atoms with Gasteiger partial charge in [-0.25, -0.2) is 9.97 Å². The molecule has 11 heavy (non-hydrogen) atoms. The molecule has 4 heteroatoms. The molecule has 1 aliphatic rings. The molecule has 1 aromatic heterocycles. The number of nitrogens with zero attached hydrogens (tertiary/aromatic N) is 2. The first-order valence-electron chi connectivity index (χ1n) is 3.17. The molecule has 2 rings (SSSR count). The maximum absolute atomic E-state index is 5.06. The molecule has 0 atom stereocenters. The Hall–Kier alpha value is -1.58. The van der Waals surface area contributed by atoms with Crippen LogP contribution in [0.25, 0.3) is 0 Å². The van der Waals surface area contributed by atoms with Crippen LogP contribution in [-0.4, -0.2) is 9.97 Å². The van der Waals surface area contributed by atoms with E-state index in [0.29, 0.717) is 0 Å². The van der Waals surface area contributed by atoms with Gasteiger partial charge in [0, 0.05) is 12.4 Å². The van der Waals surface area contributed by atoms with Crippen molar-refractivity contribution in [2.75, 3.05) is 0 Å². The lowest BCUT2D eigenvalue weighted by atomic mass is 10.3. The molecule has 0 N–H and O–H groups in total. The van der Waals surface area contributed by atoms with Crippen LogP contribution in [0, 0.1) is 0 Å². The number of hydrogen-bond donors (Lipinski definition) is 0. The quantitative estimate of drug-likeness (QED) is 0.598. The van der Waals surface area contributed by atoms with Crippen LogP contribution in [0.3, 0.4) is 0 Å². The summed E-state index contributed by atoms with van der Waals surface area (Å²) < 4.78 is 10.1. The van der Waals surface area contributed by atoms with Crippen LogP contribution in [0.1, 0.15) is 11.9 Å². The van der Waals surface area contributed by atoms with Gasteiger partial charge in [-0.15, -0.1) is 0 Å². The monoisotopic (exact) mass is 150 g/mol. The molecule has 0 fully saturated rings. The Morgan fingerprint density at radius 3 is 2.36 bits per heavy atom. The second-order valence-electron chi connectivity index (χ2n) is 2.05. The van der Waals surface area contributed by atoms with Crippen molar-refractivity contribution in [3.8, 4) is 0 Å². The van der Waals surface area contributed by atoms with Crippen LogP contribution in [-0.2, 0) is 9.47 Å². The lowest BCUT2D eigenvalue weighted by Gasteiger charge is -2.07. The predicted molar refractivity (Wildman–Crippen MR) is 36.1 cm³/mol. The second-order valence-corrected chi connectivity index (χ2v) is 2.05. The van der Waals surface area contributed by atoms with Gasteiger partial charge in [0.2, 0.25) is 0 Å². The summed E-state index contributed by atoms with van der Waals surface area (Å²) in [4.78, 5) is 7.66. The Morgan fingerprint density at radius 1 is 1.09 bits per heavy atom. The molecule has 1 aromatic rings. The highest BCUT2D eigenvalue weighted by atomic mass is 16.7. The van der Waals surface area contributed by atoms with Crippen molar-refractivity contribution in [3.63, 3.8) is 0 Å². The average Bonchev–Trinajstić information content (AvgIpc) is 2.58. The van der Waals surface area contributed by atoms with E-state index in [2.05, 4.69) is 9.97 Å². The summed E-state index contributed by atoms with van der Waals surface area (Å²) in [5.74, 6) is 0. The van der Waals surface area contributed by atoms with E-state index in [1.165, 1.54) is 18.9 Å². The Bertz CT molecular complexity index is 252. The SMILES string of the molecule is C1=COC(c2cncnc2)O1. The van der Waals surface area contributed by atoms with Crippen LogP contribution in [0.4, 0.5) is 0 Å². The smallest absolute Gasteiger partial charge is 0.269 e. The van der Waals surface area contributed by atoms with Gasteiger partial charge in [0.25, 0.3) is 6.29 Å². The third-order valence-electron chi connectivity index (χ3n) is 1.31. The van der Waals surface area contributed by atoms with E-state index in [4.69, 9.17) is 9.47 Å². The fourth-order valence-electron chi connectivity index (χ4n) is 0.828. The number of rotatable bonds is 1. The fraction of sp³-hybridized carbons (Fsp3) is 0.143. The van der Waals surface area contributed by atoms with Crippen molar-refractivity contribution in [1.82, 2.24) is 9.97 Å². The fourth-order valence-corrected chi connectivity index (χ4v) is 0.828. The molecular weight excluding hydrogens is 144 g/mol. The van der Waals surface area contributed by atoms with Crippen LogP contribution < -0.4 is 0 Å². The van der Waals surface area contributed by atoms with Crippen LogP contribution >= 0.6 is 0 Å². The van der Waals surface area contributed by atoms with E-state index >= 15 is 0 Å². The molecule has 0 amide bonds. The molecule has 0 saturated heterocycles.